The zero-order valence-electron chi connectivity index (χ0n) is 12.1. The fourth-order valence-electron chi connectivity index (χ4n) is 2.37. The van der Waals surface area contributed by atoms with Crippen molar-refractivity contribution in [2.24, 2.45) is 0 Å². The summed E-state index contributed by atoms with van der Waals surface area (Å²) in [6, 6.07) is 7.64. The standard InChI is InChI=1S/C16H23NO3/c1-2-17(15-8-6-14(13-18)7-9-15)10-12-20-16-5-3-4-11-19-16/h6-9,13,16H,2-5,10-12H2,1H3. The number of benzene rings is 1. The van der Waals surface area contributed by atoms with E-state index in [0.717, 1.165) is 44.5 Å². The van der Waals surface area contributed by atoms with Crippen LogP contribution in [0.15, 0.2) is 24.3 Å². The molecule has 0 aromatic heterocycles. The second-order valence-electron chi connectivity index (χ2n) is 4.96. The van der Waals surface area contributed by atoms with Crippen molar-refractivity contribution in [2.75, 3.05) is 31.2 Å². The molecule has 2 rings (SSSR count). The zero-order chi connectivity index (χ0) is 14.2. The molecule has 1 aromatic carbocycles. The molecule has 4 nitrogen and oxygen atoms in total. The van der Waals surface area contributed by atoms with Crippen LogP contribution in [-0.4, -0.2) is 38.9 Å². The van der Waals surface area contributed by atoms with Crippen LogP contribution in [0, 0.1) is 0 Å². The highest BCUT2D eigenvalue weighted by Gasteiger charge is 2.14. The first-order valence-electron chi connectivity index (χ1n) is 7.37. The van der Waals surface area contributed by atoms with Crippen LogP contribution in [0.3, 0.4) is 0 Å². The number of likely N-dealkylation sites (N-methyl/N-ethyl adjacent to an activating group) is 1. The van der Waals surface area contributed by atoms with E-state index in [-0.39, 0.29) is 6.29 Å². The van der Waals surface area contributed by atoms with Gasteiger partial charge >= 0.3 is 0 Å². The minimum absolute atomic E-state index is 0.0279. The number of aldehydes is 1. The summed E-state index contributed by atoms with van der Waals surface area (Å²) in [5.74, 6) is 0. The van der Waals surface area contributed by atoms with Crippen LogP contribution in [-0.2, 0) is 9.47 Å². The molecule has 4 heteroatoms. The lowest BCUT2D eigenvalue weighted by molar-refractivity contribution is -0.160. The lowest BCUT2D eigenvalue weighted by Gasteiger charge is -2.26. The Morgan fingerprint density at radius 3 is 2.75 bits per heavy atom. The molecule has 0 aliphatic carbocycles. The molecule has 20 heavy (non-hydrogen) atoms. The number of carbonyl (C=O) groups is 1. The average Bonchev–Trinajstić information content (AvgIpc) is 2.53. The lowest BCUT2D eigenvalue weighted by Crippen LogP contribution is -2.30. The second kappa shape index (κ2) is 8.02. The summed E-state index contributed by atoms with van der Waals surface area (Å²) in [6.07, 6.45) is 4.17. The Balaban J connectivity index is 1.80. The molecule has 0 saturated carbocycles. The van der Waals surface area contributed by atoms with Crippen LogP contribution in [0.2, 0.25) is 0 Å². The van der Waals surface area contributed by atoms with Crippen molar-refractivity contribution in [3.63, 3.8) is 0 Å². The quantitative estimate of drug-likeness (QED) is 0.718. The van der Waals surface area contributed by atoms with E-state index in [2.05, 4.69) is 11.8 Å². The molecule has 0 amide bonds. The smallest absolute Gasteiger partial charge is 0.157 e. The first-order chi connectivity index (χ1) is 9.83. The molecule has 1 fully saturated rings. The summed E-state index contributed by atoms with van der Waals surface area (Å²) in [7, 11) is 0. The molecule has 1 atom stereocenters. The Labute approximate surface area is 120 Å². The van der Waals surface area contributed by atoms with E-state index in [1.165, 1.54) is 6.42 Å². The van der Waals surface area contributed by atoms with E-state index in [1.807, 2.05) is 24.3 Å². The first-order valence-corrected chi connectivity index (χ1v) is 7.37. The fourth-order valence-corrected chi connectivity index (χ4v) is 2.37. The molecule has 1 heterocycles. The third-order valence-corrected chi connectivity index (χ3v) is 3.58. The van der Waals surface area contributed by atoms with Crippen LogP contribution in [0.5, 0.6) is 0 Å². The largest absolute Gasteiger partial charge is 0.369 e. The Morgan fingerprint density at radius 1 is 1.35 bits per heavy atom. The maximum atomic E-state index is 10.7. The van der Waals surface area contributed by atoms with Gasteiger partial charge in [0.1, 0.15) is 6.29 Å². The van der Waals surface area contributed by atoms with Gasteiger partial charge in [-0.3, -0.25) is 4.79 Å². The van der Waals surface area contributed by atoms with Gasteiger partial charge in [0.2, 0.25) is 0 Å². The summed E-state index contributed by atoms with van der Waals surface area (Å²) in [6.45, 7) is 5.33. The van der Waals surface area contributed by atoms with Gasteiger partial charge in [-0.2, -0.15) is 0 Å². The number of nitrogens with zero attached hydrogens (tertiary/aromatic N) is 1. The third kappa shape index (κ3) is 4.32. The molecule has 1 aliphatic rings. The van der Waals surface area contributed by atoms with Crippen LogP contribution in [0.4, 0.5) is 5.69 Å². The van der Waals surface area contributed by atoms with Crippen molar-refractivity contribution in [1.82, 2.24) is 0 Å². The minimum atomic E-state index is -0.0279. The van der Waals surface area contributed by atoms with Crippen LogP contribution in [0.1, 0.15) is 36.5 Å². The zero-order valence-corrected chi connectivity index (χ0v) is 12.1. The van der Waals surface area contributed by atoms with E-state index >= 15 is 0 Å². The first kappa shape index (κ1) is 15.0. The van der Waals surface area contributed by atoms with E-state index in [1.54, 1.807) is 0 Å². The van der Waals surface area contributed by atoms with Crippen LogP contribution in [0.25, 0.3) is 0 Å². The molecule has 0 bridgehead atoms. The highest BCUT2D eigenvalue weighted by molar-refractivity contribution is 5.75. The number of carbonyl (C=O) groups excluding carboxylic acids is 1. The Morgan fingerprint density at radius 2 is 2.15 bits per heavy atom. The van der Waals surface area contributed by atoms with Gasteiger partial charge in [0.05, 0.1) is 6.61 Å². The van der Waals surface area contributed by atoms with E-state index in [4.69, 9.17) is 9.47 Å². The fraction of sp³-hybridized carbons (Fsp3) is 0.562. The van der Waals surface area contributed by atoms with Gasteiger partial charge in [-0.1, -0.05) is 0 Å². The number of ether oxygens (including phenoxy) is 2. The van der Waals surface area contributed by atoms with Crippen molar-refractivity contribution in [3.05, 3.63) is 29.8 Å². The molecular weight excluding hydrogens is 254 g/mol. The van der Waals surface area contributed by atoms with Gasteiger partial charge in [-0.25, -0.2) is 0 Å². The molecule has 1 unspecified atom stereocenters. The molecule has 0 radical (unpaired) electrons. The maximum absolute atomic E-state index is 10.7. The van der Waals surface area contributed by atoms with Gasteiger partial charge in [0.25, 0.3) is 0 Å². The second-order valence-corrected chi connectivity index (χ2v) is 4.96. The monoisotopic (exact) mass is 277 g/mol. The molecule has 1 aromatic rings. The summed E-state index contributed by atoms with van der Waals surface area (Å²) >= 11 is 0. The summed E-state index contributed by atoms with van der Waals surface area (Å²) in [5.41, 5.74) is 1.82. The SMILES string of the molecule is CCN(CCOC1CCCCO1)c1ccc(C=O)cc1. The van der Waals surface area contributed by atoms with Gasteiger partial charge in [-0.15, -0.1) is 0 Å². The normalized spacial score (nSPS) is 18.8. The van der Waals surface area contributed by atoms with Crippen molar-refractivity contribution in [3.8, 4) is 0 Å². The third-order valence-electron chi connectivity index (χ3n) is 3.58. The van der Waals surface area contributed by atoms with E-state index in [0.29, 0.717) is 12.2 Å². The molecule has 1 aliphatic heterocycles. The predicted octanol–water partition coefficient (Wildman–Crippen LogP) is 2.87. The minimum Gasteiger partial charge on any atom is -0.369 e. The Bertz CT molecular complexity index is 399. The highest BCUT2D eigenvalue weighted by Crippen LogP contribution is 2.16. The summed E-state index contributed by atoms with van der Waals surface area (Å²) < 4.78 is 11.3. The summed E-state index contributed by atoms with van der Waals surface area (Å²) in [5, 5.41) is 0. The van der Waals surface area contributed by atoms with Crippen molar-refractivity contribution in [1.29, 1.82) is 0 Å². The number of hydrogen-bond acceptors (Lipinski definition) is 4. The topological polar surface area (TPSA) is 38.8 Å². The predicted molar refractivity (Wildman–Crippen MR) is 79.3 cm³/mol. The maximum Gasteiger partial charge on any atom is 0.157 e. The van der Waals surface area contributed by atoms with Crippen molar-refractivity contribution >= 4 is 12.0 Å². The Kier molecular flexibility index (Phi) is 6.02. The number of rotatable bonds is 7. The molecule has 0 N–H and O–H groups in total. The van der Waals surface area contributed by atoms with Gasteiger partial charge in [0, 0.05) is 30.9 Å². The van der Waals surface area contributed by atoms with Gasteiger partial charge in [-0.05, 0) is 50.5 Å². The van der Waals surface area contributed by atoms with E-state index in [9.17, 15) is 4.79 Å². The van der Waals surface area contributed by atoms with Crippen molar-refractivity contribution < 1.29 is 14.3 Å². The number of hydrogen-bond donors (Lipinski definition) is 0. The lowest BCUT2D eigenvalue weighted by atomic mass is 10.2. The van der Waals surface area contributed by atoms with Gasteiger partial charge < -0.3 is 14.4 Å². The summed E-state index contributed by atoms with van der Waals surface area (Å²) in [4.78, 5) is 12.9. The molecule has 0 spiro atoms. The van der Waals surface area contributed by atoms with Crippen LogP contribution >= 0.6 is 0 Å². The van der Waals surface area contributed by atoms with Crippen molar-refractivity contribution in [2.45, 2.75) is 32.5 Å². The van der Waals surface area contributed by atoms with E-state index < -0.39 is 0 Å². The Hall–Kier alpha value is -1.39. The molecule has 1 saturated heterocycles. The highest BCUT2D eigenvalue weighted by atomic mass is 16.7. The van der Waals surface area contributed by atoms with Gasteiger partial charge in [0.15, 0.2) is 6.29 Å². The average molecular weight is 277 g/mol. The molecule has 110 valence electrons. The molecular formula is C16H23NO3. The van der Waals surface area contributed by atoms with Crippen LogP contribution < -0.4 is 4.90 Å². The number of anilines is 1.